The Kier molecular flexibility index (Phi) is 14.1. The van der Waals surface area contributed by atoms with Crippen molar-refractivity contribution in [2.45, 2.75) is 71.2 Å². The lowest BCUT2D eigenvalue weighted by Gasteiger charge is -2.32. The number of carboxylic acids is 1. The third-order valence-electron chi connectivity index (χ3n) is 7.02. The number of aliphatic carboxylic acids is 1. The Labute approximate surface area is 238 Å². The summed E-state index contributed by atoms with van der Waals surface area (Å²) in [6.07, 6.45) is 0.432. The minimum atomic E-state index is -1.28. The number of likely N-dealkylation sites (N-methyl/N-ethyl adjacent to an activating group) is 1. The normalized spacial score (nSPS) is 17.4. The minimum Gasteiger partial charge on any atom is -0.480 e. The summed E-state index contributed by atoms with van der Waals surface area (Å²) in [6, 6.07) is 6.50. The Morgan fingerprint density at radius 1 is 0.925 bits per heavy atom. The van der Waals surface area contributed by atoms with Gasteiger partial charge < -0.3 is 30.7 Å². The average molecular weight is 562 g/mol. The number of aryl methyl sites for hydroxylation is 1. The number of rotatable bonds is 16. The van der Waals surface area contributed by atoms with Gasteiger partial charge in [-0.25, -0.2) is 4.79 Å². The average Bonchev–Trinajstić information content (AvgIpc) is 2.90. The molecule has 40 heavy (non-hydrogen) atoms. The van der Waals surface area contributed by atoms with Crippen LogP contribution in [0, 0.1) is 5.92 Å². The molecular formula is C29H47N5O6. The van der Waals surface area contributed by atoms with E-state index in [9.17, 15) is 24.3 Å². The molecule has 1 fully saturated rings. The molecule has 0 saturated carbocycles. The molecule has 11 nitrogen and oxygen atoms in total. The van der Waals surface area contributed by atoms with Gasteiger partial charge in [0.2, 0.25) is 17.7 Å². The number of ether oxygens (including phenoxy) is 1. The second kappa shape index (κ2) is 16.9. The molecule has 0 unspecified atom stereocenters. The molecular weight excluding hydrogens is 514 g/mol. The lowest BCUT2D eigenvalue weighted by Crippen LogP contribution is -2.58. The van der Waals surface area contributed by atoms with E-state index in [-0.39, 0.29) is 11.8 Å². The molecule has 0 aromatic heterocycles. The third-order valence-corrected chi connectivity index (χ3v) is 7.02. The molecule has 0 bridgehead atoms. The summed E-state index contributed by atoms with van der Waals surface area (Å²) in [5.74, 6) is -2.62. The van der Waals surface area contributed by atoms with Crippen molar-refractivity contribution in [1.29, 1.82) is 0 Å². The number of nitrogens with zero attached hydrogens (tertiary/aromatic N) is 2. The highest BCUT2D eigenvalue weighted by atomic mass is 16.5. The summed E-state index contributed by atoms with van der Waals surface area (Å²) in [4.78, 5) is 54.8. The number of hydrogen-bond acceptors (Lipinski definition) is 7. The van der Waals surface area contributed by atoms with Gasteiger partial charge in [-0.2, -0.15) is 0 Å². The Bertz CT molecular complexity index is 951. The molecule has 1 heterocycles. The van der Waals surface area contributed by atoms with Crippen molar-refractivity contribution in [3.63, 3.8) is 0 Å². The van der Waals surface area contributed by atoms with E-state index in [1.54, 1.807) is 6.92 Å². The number of carboxylic acid groups (broad SMARTS) is 1. The molecule has 1 aromatic carbocycles. The lowest BCUT2D eigenvalue weighted by atomic mass is 10.0. The number of hydrogen-bond donors (Lipinski definition) is 4. The summed E-state index contributed by atoms with van der Waals surface area (Å²) < 4.78 is 5.81. The monoisotopic (exact) mass is 561 g/mol. The van der Waals surface area contributed by atoms with E-state index in [4.69, 9.17) is 4.74 Å². The van der Waals surface area contributed by atoms with Gasteiger partial charge in [-0.15, -0.1) is 0 Å². The van der Waals surface area contributed by atoms with E-state index in [1.807, 2.05) is 44.2 Å². The van der Waals surface area contributed by atoms with E-state index in [0.717, 1.165) is 31.7 Å². The van der Waals surface area contributed by atoms with Crippen LogP contribution < -0.4 is 16.0 Å². The molecule has 11 heteroatoms. The Morgan fingerprint density at radius 3 is 2.12 bits per heavy atom. The fraction of sp³-hybridized carbons (Fsp3) is 0.655. The zero-order valence-corrected chi connectivity index (χ0v) is 24.5. The van der Waals surface area contributed by atoms with E-state index in [2.05, 4.69) is 32.8 Å². The minimum absolute atomic E-state index is 0.0418. The number of carbonyl (C=O) groups excluding carboxylic acids is 3. The van der Waals surface area contributed by atoms with Crippen LogP contribution in [-0.2, 0) is 30.3 Å². The standard InChI is InChI=1S/C29H47N5O6/c1-20(2)19-25(31-27(36)24(30-22(4)35)12-11-23-9-7-6-8-10-23)28(37)32-26(29(38)39)21(3)40-18-17-34-15-13-33(5)14-16-34/h6-10,20-21,24-26H,11-19H2,1-5H3,(H,30,35)(H,31,36)(H,32,37)(H,38,39)/t21-,24+,25+,26+/m1/s1. The number of piperazine rings is 1. The molecule has 0 aliphatic carbocycles. The molecule has 224 valence electrons. The third kappa shape index (κ3) is 12.0. The van der Waals surface area contributed by atoms with Crippen molar-refractivity contribution in [3.8, 4) is 0 Å². The predicted octanol–water partition coefficient (Wildman–Crippen LogP) is 0.877. The summed E-state index contributed by atoms with van der Waals surface area (Å²) in [6.45, 7) is 11.6. The number of carbonyl (C=O) groups is 4. The highest BCUT2D eigenvalue weighted by Crippen LogP contribution is 2.10. The van der Waals surface area contributed by atoms with Gasteiger partial charge in [0.25, 0.3) is 0 Å². The zero-order valence-electron chi connectivity index (χ0n) is 24.5. The van der Waals surface area contributed by atoms with E-state index in [1.165, 1.54) is 6.92 Å². The molecule has 1 saturated heterocycles. The maximum absolute atomic E-state index is 13.3. The van der Waals surface area contributed by atoms with E-state index in [0.29, 0.717) is 32.4 Å². The maximum atomic E-state index is 13.3. The molecule has 2 rings (SSSR count). The van der Waals surface area contributed by atoms with Crippen molar-refractivity contribution in [1.82, 2.24) is 25.8 Å². The second-order valence-electron chi connectivity index (χ2n) is 11.0. The van der Waals surface area contributed by atoms with Gasteiger partial charge in [0.15, 0.2) is 6.04 Å². The van der Waals surface area contributed by atoms with Crippen LogP contribution in [-0.4, -0.2) is 109 Å². The van der Waals surface area contributed by atoms with Crippen molar-refractivity contribution in [2.24, 2.45) is 5.92 Å². The van der Waals surface area contributed by atoms with E-state index < -0.39 is 42.0 Å². The van der Waals surface area contributed by atoms with Crippen molar-refractivity contribution >= 4 is 23.7 Å². The highest BCUT2D eigenvalue weighted by Gasteiger charge is 2.32. The van der Waals surface area contributed by atoms with Crippen LogP contribution in [0.3, 0.4) is 0 Å². The van der Waals surface area contributed by atoms with Gasteiger partial charge in [-0.3, -0.25) is 19.3 Å². The molecule has 4 N–H and O–H groups in total. The van der Waals surface area contributed by atoms with Gasteiger partial charge in [-0.05, 0) is 44.7 Å². The maximum Gasteiger partial charge on any atom is 0.328 e. The predicted molar refractivity (Wildman–Crippen MR) is 153 cm³/mol. The molecule has 0 radical (unpaired) electrons. The highest BCUT2D eigenvalue weighted by molar-refractivity contribution is 5.93. The summed E-state index contributed by atoms with van der Waals surface area (Å²) in [7, 11) is 2.08. The number of amides is 3. The van der Waals surface area contributed by atoms with Gasteiger partial charge >= 0.3 is 5.97 Å². The summed E-state index contributed by atoms with van der Waals surface area (Å²) >= 11 is 0. The number of benzene rings is 1. The SMILES string of the molecule is CC(=O)N[C@@H](CCc1ccccc1)C(=O)N[C@@H](CC(C)C)C(=O)N[C@H](C(=O)O)[C@@H](C)OCCN1CCN(C)CC1. The topological polar surface area (TPSA) is 140 Å². The molecule has 1 aliphatic heterocycles. The molecule has 3 amide bonds. The van der Waals surface area contributed by atoms with Gasteiger partial charge in [0.1, 0.15) is 12.1 Å². The van der Waals surface area contributed by atoms with Crippen LogP contribution in [0.5, 0.6) is 0 Å². The first-order chi connectivity index (χ1) is 19.0. The van der Waals surface area contributed by atoms with Crippen LogP contribution in [0.2, 0.25) is 0 Å². The van der Waals surface area contributed by atoms with Crippen LogP contribution in [0.15, 0.2) is 30.3 Å². The molecule has 4 atom stereocenters. The first-order valence-corrected chi connectivity index (χ1v) is 14.1. The molecule has 1 aromatic rings. The van der Waals surface area contributed by atoms with Crippen LogP contribution >= 0.6 is 0 Å². The quantitative estimate of drug-likeness (QED) is 0.233. The van der Waals surface area contributed by atoms with Gasteiger partial charge in [0, 0.05) is 39.6 Å². The van der Waals surface area contributed by atoms with Crippen LogP contribution in [0.25, 0.3) is 0 Å². The fourth-order valence-electron chi connectivity index (χ4n) is 4.61. The van der Waals surface area contributed by atoms with Crippen LogP contribution in [0.4, 0.5) is 0 Å². The molecule has 0 spiro atoms. The first-order valence-electron chi connectivity index (χ1n) is 14.1. The molecule has 1 aliphatic rings. The largest absolute Gasteiger partial charge is 0.480 e. The first kappa shape index (κ1) is 33.2. The van der Waals surface area contributed by atoms with Gasteiger partial charge in [0.05, 0.1) is 12.7 Å². The summed E-state index contributed by atoms with van der Waals surface area (Å²) in [5, 5.41) is 17.8. The second-order valence-corrected chi connectivity index (χ2v) is 11.0. The Hall–Kier alpha value is -3.02. The smallest absolute Gasteiger partial charge is 0.328 e. The fourth-order valence-corrected chi connectivity index (χ4v) is 4.61. The zero-order chi connectivity index (χ0) is 29.7. The number of nitrogens with one attached hydrogen (secondary N) is 3. The Balaban J connectivity index is 2.00. The van der Waals surface area contributed by atoms with E-state index >= 15 is 0 Å². The van der Waals surface area contributed by atoms with Crippen molar-refractivity contribution < 1.29 is 29.0 Å². The van der Waals surface area contributed by atoms with Crippen molar-refractivity contribution in [3.05, 3.63) is 35.9 Å². The van der Waals surface area contributed by atoms with Crippen molar-refractivity contribution in [2.75, 3.05) is 46.4 Å². The van der Waals surface area contributed by atoms with Gasteiger partial charge in [-0.1, -0.05) is 44.2 Å². The van der Waals surface area contributed by atoms with Crippen LogP contribution in [0.1, 0.15) is 46.1 Å². The Morgan fingerprint density at radius 2 is 1.55 bits per heavy atom. The lowest BCUT2D eigenvalue weighted by molar-refractivity contribution is -0.146. The summed E-state index contributed by atoms with van der Waals surface area (Å²) in [5.41, 5.74) is 1.02.